The van der Waals surface area contributed by atoms with Crippen LogP contribution in [0.1, 0.15) is 50.7 Å². The van der Waals surface area contributed by atoms with E-state index in [1.54, 1.807) is 11.0 Å². The van der Waals surface area contributed by atoms with E-state index in [0.29, 0.717) is 49.9 Å². The van der Waals surface area contributed by atoms with Gasteiger partial charge in [0.25, 0.3) is 0 Å². The minimum Gasteiger partial charge on any atom is -0.486 e. The number of hydrogen-bond donors (Lipinski definition) is 1. The van der Waals surface area contributed by atoms with Crippen LogP contribution in [0.15, 0.2) is 42.5 Å². The predicted molar refractivity (Wildman–Crippen MR) is 130 cm³/mol. The SMILES string of the molecule is CCCCNC(=O)[C@H](CC)N(Cc1ccccc1Cl)C(=O)CCc1ccc2c(c1)OCCO2. The molecule has 7 heteroatoms. The van der Waals surface area contributed by atoms with Crippen LogP contribution in [0.3, 0.4) is 0 Å². The second-order valence-corrected chi connectivity index (χ2v) is 8.57. The first kappa shape index (κ1) is 24.9. The van der Waals surface area contributed by atoms with Crippen LogP contribution in [0.5, 0.6) is 11.5 Å². The number of fused-ring (bicyclic) bond motifs is 1. The van der Waals surface area contributed by atoms with E-state index in [-0.39, 0.29) is 18.2 Å². The Bertz CT molecular complexity index is 950. The van der Waals surface area contributed by atoms with Gasteiger partial charge < -0.3 is 19.7 Å². The maximum absolute atomic E-state index is 13.4. The summed E-state index contributed by atoms with van der Waals surface area (Å²) in [6.45, 7) is 5.97. The van der Waals surface area contributed by atoms with Gasteiger partial charge in [0.2, 0.25) is 11.8 Å². The Kier molecular flexibility index (Phi) is 9.43. The molecule has 1 heterocycles. The third-order valence-electron chi connectivity index (χ3n) is 5.75. The van der Waals surface area contributed by atoms with Crippen LogP contribution < -0.4 is 14.8 Å². The van der Waals surface area contributed by atoms with Crippen LogP contribution in [0, 0.1) is 0 Å². The number of carbonyl (C=O) groups excluding carboxylic acids is 2. The number of unbranched alkanes of at least 4 members (excludes halogenated alkanes) is 1. The number of nitrogens with zero attached hydrogens (tertiary/aromatic N) is 1. The number of aryl methyl sites for hydroxylation is 1. The largest absolute Gasteiger partial charge is 0.486 e. The minimum atomic E-state index is -0.550. The lowest BCUT2D eigenvalue weighted by Gasteiger charge is -2.31. The molecule has 3 rings (SSSR count). The van der Waals surface area contributed by atoms with Crippen molar-refractivity contribution in [2.75, 3.05) is 19.8 Å². The summed E-state index contributed by atoms with van der Waals surface area (Å²) in [5.74, 6) is 1.24. The van der Waals surface area contributed by atoms with Crippen molar-refractivity contribution in [1.29, 1.82) is 0 Å². The van der Waals surface area contributed by atoms with Crippen LogP contribution in [0.2, 0.25) is 5.02 Å². The highest BCUT2D eigenvalue weighted by atomic mass is 35.5. The summed E-state index contributed by atoms with van der Waals surface area (Å²) in [6.07, 6.45) is 3.25. The summed E-state index contributed by atoms with van der Waals surface area (Å²) in [7, 11) is 0. The van der Waals surface area contributed by atoms with Gasteiger partial charge in [-0.2, -0.15) is 0 Å². The second kappa shape index (κ2) is 12.5. The predicted octanol–water partition coefficient (Wildman–Crippen LogP) is 4.77. The molecule has 0 saturated heterocycles. The molecule has 6 nitrogen and oxygen atoms in total. The topological polar surface area (TPSA) is 67.9 Å². The van der Waals surface area contributed by atoms with Gasteiger partial charge in [-0.05, 0) is 48.6 Å². The van der Waals surface area contributed by atoms with Crippen molar-refractivity contribution < 1.29 is 19.1 Å². The molecular formula is C26H33ClN2O4. The number of halogens is 1. The molecular weight excluding hydrogens is 440 g/mol. The van der Waals surface area contributed by atoms with E-state index in [2.05, 4.69) is 12.2 Å². The van der Waals surface area contributed by atoms with E-state index < -0.39 is 6.04 Å². The van der Waals surface area contributed by atoms with Crippen molar-refractivity contribution in [3.63, 3.8) is 0 Å². The van der Waals surface area contributed by atoms with E-state index in [1.807, 2.05) is 43.3 Å². The van der Waals surface area contributed by atoms with E-state index in [1.165, 1.54) is 0 Å². The number of amides is 2. The lowest BCUT2D eigenvalue weighted by molar-refractivity contribution is -0.141. The fourth-order valence-electron chi connectivity index (χ4n) is 3.87. The number of hydrogen-bond acceptors (Lipinski definition) is 4. The summed E-state index contributed by atoms with van der Waals surface area (Å²) in [4.78, 5) is 28.0. The van der Waals surface area contributed by atoms with Crippen LogP contribution in [-0.4, -0.2) is 42.5 Å². The van der Waals surface area contributed by atoms with E-state index in [9.17, 15) is 9.59 Å². The van der Waals surface area contributed by atoms with Crippen molar-refractivity contribution in [3.8, 4) is 11.5 Å². The monoisotopic (exact) mass is 472 g/mol. The number of rotatable bonds is 11. The molecule has 0 radical (unpaired) electrons. The summed E-state index contributed by atoms with van der Waals surface area (Å²) in [5.41, 5.74) is 1.82. The summed E-state index contributed by atoms with van der Waals surface area (Å²) in [5, 5.41) is 3.57. The van der Waals surface area contributed by atoms with Crippen molar-refractivity contribution in [1.82, 2.24) is 10.2 Å². The molecule has 2 amide bonds. The molecule has 0 aliphatic carbocycles. The lowest BCUT2D eigenvalue weighted by atomic mass is 10.1. The fourth-order valence-corrected chi connectivity index (χ4v) is 4.07. The Balaban J connectivity index is 1.74. The van der Waals surface area contributed by atoms with Crippen LogP contribution in [-0.2, 0) is 22.6 Å². The number of ether oxygens (including phenoxy) is 2. The third kappa shape index (κ3) is 6.87. The van der Waals surface area contributed by atoms with Crippen LogP contribution >= 0.6 is 11.6 Å². The zero-order valence-corrected chi connectivity index (χ0v) is 20.2. The third-order valence-corrected chi connectivity index (χ3v) is 6.12. The van der Waals surface area contributed by atoms with Gasteiger partial charge in [0, 0.05) is 24.5 Å². The number of benzene rings is 2. The van der Waals surface area contributed by atoms with E-state index >= 15 is 0 Å². The molecule has 2 aromatic rings. The molecule has 0 fully saturated rings. The quantitative estimate of drug-likeness (QED) is 0.478. The Morgan fingerprint density at radius 3 is 2.58 bits per heavy atom. The smallest absolute Gasteiger partial charge is 0.242 e. The average Bonchev–Trinajstić information content (AvgIpc) is 2.83. The highest BCUT2D eigenvalue weighted by Gasteiger charge is 2.28. The molecule has 33 heavy (non-hydrogen) atoms. The zero-order chi connectivity index (χ0) is 23.6. The molecule has 0 spiro atoms. The maximum atomic E-state index is 13.4. The van der Waals surface area contributed by atoms with Gasteiger partial charge >= 0.3 is 0 Å². The van der Waals surface area contributed by atoms with Gasteiger partial charge in [-0.1, -0.05) is 56.1 Å². The first-order chi connectivity index (χ1) is 16.0. The Hall–Kier alpha value is -2.73. The first-order valence-corrected chi connectivity index (χ1v) is 12.1. The van der Waals surface area contributed by atoms with Crippen molar-refractivity contribution in [2.45, 2.75) is 58.5 Å². The zero-order valence-electron chi connectivity index (χ0n) is 19.4. The highest BCUT2D eigenvalue weighted by molar-refractivity contribution is 6.31. The fraction of sp³-hybridized carbons (Fsp3) is 0.462. The first-order valence-electron chi connectivity index (χ1n) is 11.7. The maximum Gasteiger partial charge on any atom is 0.242 e. The van der Waals surface area contributed by atoms with Crippen molar-refractivity contribution in [3.05, 3.63) is 58.6 Å². The Morgan fingerprint density at radius 2 is 1.85 bits per heavy atom. The highest BCUT2D eigenvalue weighted by Crippen LogP contribution is 2.31. The van der Waals surface area contributed by atoms with Gasteiger partial charge in [0.05, 0.1) is 0 Å². The van der Waals surface area contributed by atoms with Gasteiger partial charge in [-0.25, -0.2) is 0 Å². The summed E-state index contributed by atoms with van der Waals surface area (Å²) in [6, 6.07) is 12.7. The molecule has 1 atom stereocenters. The molecule has 178 valence electrons. The second-order valence-electron chi connectivity index (χ2n) is 8.16. The average molecular weight is 473 g/mol. The Labute approximate surface area is 201 Å². The molecule has 1 N–H and O–H groups in total. The number of nitrogens with one attached hydrogen (secondary N) is 1. The summed E-state index contributed by atoms with van der Waals surface area (Å²) < 4.78 is 11.2. The molecule has 2 aromatic carbocycles. The normalized spacial score (nSPS) is 13.3. The standard InChI is InChI=1S/C26H33ClN2O4/c1-3-5-14-28-26(31)22(4-2)29(18-20-8-6-7-9-21(20)27)25(30)13-11-19-10-12-23-24(17-19)33-16-15-32-23/h6-10,12,17,22H,3-5,11,13-16,18H2,1-2H3,(H,28,31)/t22-/m0/s1. The molecule has 1 aliphatic rings. The van der Waals surface area contributed by atoms with Gasteiger partial charge in [0.15, 0.2) is 11.5 Å². The van der Waals surface area contributed by atoms with Crippen LogP contribution in [0.4, 0.5) is 0 Å². The van der Waals surface area contributed by atoms with E-state index in [4.69, 9.17) is 21.1 Å². The van der Waals surface area contributed by atoms with Crippen molar-refractivity contribution >= 4 is 23.4 Å². The number of carbonyl (C=O) groups is 2. The van der Waals surface area contributed by atoms with Gasteiger partial charge in [-0.3, -0.25) is 9.59 Å². The van der Waals surface area contributed by atoms with Gasteiger partial charge in [0.1, 0.15) is 19.3 Å². The van der Waals surface area contributed by atoms with Crippen LogP contribution in [0.25, 0.3) is 0 Å². The lowest BCUT2D eigenvalue weighted by Crippen LogP contribution is -2.49. The molecule has 0 aromatic heterocycles. The van der Waals surface area contributed by atoms with E-state index in [0.717, 1.165) is 29.7 Å². The molecule has 0 saturated carbocycles. The summed E-state index contributed by atoms with van der Waals surface area (Å²) >= 11 is 6.38. The Morgan fingerprint density at radius 1 is 1.09 bits per heavy atom. The molecule has 1 aliphatic heterocycles. The molecule has 0 bridgehead atoms. The molecule has 0 unspecified atom stereocenters. The van der Waals surface area contributed by atoms with Crippen molar-refractivity contribution in [2.24, 2.45) is 0 Å². The minimum absolute atomic E-state index is 0.0812. The van der Waals surface area contributed by atoms with Gasteiger partial charge in [-0.15, -0.1) is 0 Å².